The molecule has 0 heterocycles. The number of allylic oxidation sites excluding steroid dienone is 13. The number of unbranched alkanes of at least 4 members (excludes halogenated alkanes) is 23. The van der Waals surface area contributed by atoms with Crippen molar-refractivity contribution in [2.24, 2.45) is 0 Å². The molecule has 0 aliphatic carbocycles. The van der Waals surface area contributed by atoms with Crippen LogP contribution in [0.25, 0.3) is 0 Å². The molecule has 0 aromatic carbocycles. The van der Waals surface area contributed by atoms with Crippen LogP contribution in [0.5, 0.6) is 0 Å². The number of nitrogens with one attached hydrogen (secondary N) is 1. The number of likely N-dealkylation sites (N-methyl/N-ethyl adjacent to an activating group) is 1. The zero-order chi connectivity index (χ0) is 48.5. The Kier molecular flexibility index (Phi) is 46.1. The molecule has 0 spiro atoms. The van der Waals surface area contributed by atoms with E-state index in [0.29, 0.717) is 17.4 Å². The number of aliphatic hydroxyl groups excluding tert-OH is 1. The van der Waals surface area contributed by atoms with E-state index < -0.39 is 26.6 Å². The highest BCUT2D eigenvalue weighted by atomic mass is 31.2. The molecule has 0 aromatic rings. The van der Waals surface area contributed by atoms with Crippen LogP contribution in [0.2, 0.25) is 0 Å². The molecule has 0 fully saturated rings. The van der Waals surface area contributed by atoms with Gasteiger partial charge in [-0.05, 0) is 83.5 Å². The third kappa shape index (κ3) is 49.6. The summed E-state index contributed by atoms with van der Waals surface area (Å²) >= 11 is 0. The van der Waals surface area contributed by atoms with Crippen molar-refractivity contribution >= 4 is 13.7 Å². The number of rotatable bonds is 48. The Balaban J connectivity index is 4.38. The zero-order valence-electron chi connectivity index (χ0n) is 43.4. The summed E-state index contributed by atoms with van der Waals surface area (Å²) in [6.45, 7) is 4.50. The van der Waals surface area contributed by atoms with Crippen molar-refractivity contribution in [3.63, 3.8) is 0 Å². The number of nitrogens with zero attached hydrogens (tertiary/aromatic N) is 1. The average molecular weight is 943 g/mol. The van der Waals surface area contributed by atoms with Gasteiger partial charge in [0.15, 0.2) is 0 Å². The van der Waals surface area contributed by atoms with Crippen LogP contribution in [-0.4, -0.2) is 68.5 Å². The van der Waals surface area contributed by atoms with Crippen LogP contribution in [0.3, 0.4) is 0 Å². The van der Waals surface area contributed by atoms with Gasteiger partial charge in [0.1, 0.15) is 13.2 Å². The monoisotopic (exact) mass is 943 g/mol. The lowest BCUT2D eigenvalue weighted by atomic mass is 10.0. The number of hydrogen-bond donors (Lipinski definition) is 2. The number of phosphoric ester groups is 1. The van der Waals surface area contributed by atoms with Crippen molar-refractivity contribution in [2.75, 3.05) is 40.9 Å². The minimum Gasteiger partial charge on any atom is -0.756 e. The number of carbonyl (C=O) groups excluding carboxylic acids is 1. The van der Waals surface area contributed by atoms with E-state index in [-0.39, 0.29) is 12.5 Å². The number of phosphoric acid groups is 1. The molecule has 3 unspecified atom stereocenters. The highest BCUT2D eigenvalue weighted by Crippen LogP contribution is 2.38. The lowest BCUT2D eigenvalue weighted by Crippen LogP contribution is -2.45. The van der Waals surface area contributed by atoms with Gasteiger partial charge in [-0.2, -0.15) is 0 Å². The van der Waals surface area contributed by atoms with E-state index in [2.05, 4.69) is 92.1 Å². The molecule has 8 nitrogen and oxygen atoms in total. The number of carbonyl (C=O) groups is 1. The van der Waals surface area contributed by atoms with Crippen LogP contribution >= 0.6 is 7.82 Å². The van der Waals surface area contributed by atoms with E-state index in [9.17, 15) is 19.4 Å². The fourth-order valence-electron chi connectivity index (χ4n) is 7.35. The molecule has 3 atom stereocenters. The maximum Gasteiger partial charge on any atom is 0.268 e. The van der Waals surface area contributed by atoms with E-state index in [1.807, 2.05) is 27.2 Å². The van der Waals surface area contributed by atoms with E-state index in [4.69, 9.17) is 9.05 Å². The van der Waals surface area contributed by atoms with Crippen molar-refractivity contribution in [3.05, 3.63) is 85.1 Å². The number of aliphatic hydroxyl groups is 1. The first-order chi connectivity index (χ1) is 32.0. The van der Waals surface area contributed by atoms with Gasteiger partial charge in [-0.1, -0.05) is 214 Å². The van der Waals surface area contributed by atoms with Crippen LogP contribution in [-0.2, 0) is 18.4 Å². The molecule has 2 N–H and O–H groups in total. The summed E-state index contributed by atoms with van der Waals surface area (Å²) in [5, 5.41) is 13.8. The Morgan fingerprint density at radius 3 is 1.41 bits per heavy atom. The topological polar surface area (TPSA) is 108 Å². The Bertz CT molecular complexity index is 1350. The molecule has 382 valence electrons. The Morgan fingerprint density at radius 2 is 0.939 bits per heavy atom. The molecule has 0 saturated heterocycles. The van der Waals surface area contributed by atoms with E-state index in [1.54, 1.807) is 6.08 Å². The fourth-order valence-corrected chi connectivity index (χ4v) is 8.07. The first-order valence-electron chi connectivity index (χ1n) is 26.9. The van der Waals surface area contributed by atoms with Crippen LogP contribution in [0.1, 0.15) is 219 Å². The van der Waals surface area contributed by atoms with Gasteiger partial charge in [-0.3, -0.25) is 9.36 Å². The third-order valence-electron chi connectivity index (χ3n) is 11.6. The van der Waals surface area contributed by atoms with E-state index in [0.717, 1.165) is 83.5 Å². The van der Waals surface area contributed by atoms with Gasteiger partial charge in [-0.15, -0.1) is 0 Å². The number of quaternary nitrogens is 1. The largest absolute Gasteiger partial charge is 0.756 e. The van der Waals surface area contributed by atoms with E-state index >= 15 is 0 Å². The van der Waals surface area contributed by atoms with Crippen molar-refractivity contribution in [2.45, 2.75) is 231 Å². The maximum absolute atomic E-state index is 12.9. The average Bonchev–Trinajstić information content (AvgIpc) is 3.28. The van der Waals surface area contributed by atoms with Gasteiger partial charge in [0, 0.05) is 6.42 Å². The van der Waals surface area contributed by atoms with Gasteiger partial charge in [0.2, 0.25) is 5.91 Å². The summed E-state index contributed by atoms with van der Waals surface area (Å²) in [6.07, 6.45) is 66.5. The van der Waals surface area contributed by atoms with Gasteiger partial charge in [0.05, 0.1) is 39.9 Å². The number of amides is 1. The van der Waals surface area contributed by atoms with Gasteiger partial charge in [-0.25, -0.2) is 0 Å². The minimum atomic E-state index is -4.61. The predicted molar refractivity (Wildman–Crippen MR) is 283 cm³/mol. The highest BCUT2D eigenvalue weighted by Gasteiger charge is 2.23. The summed E-state index contributed by atoms with van der Waals surface area (Å²) in [7, 11) is 1.22. The smallest absolute Gasteiger partial charge is 0.268 e. The standard InChI is InChI=1S/C57H103N2O6P/c1-6-8-10-12-14-16-18-20-22-24-26-28-29-31-32-34-36-38-40-42-44-46-48-50-56(60)55(54-65-66(62,63)64-53-52-59(3,4)5)58-57(61)51-49-47-45-43-41-39-37-35-33-30-27-25-23-21-19-17-15-13-11-9-7-2/h9,11,15,17,21,23,27,30,32,34,40,42,48,50,55-56,60H,6-8,10,12-14,16,18-20,22,24-26,28-29,31,33,35-39,41,43-47,49,51-54H2,1-5H3,(H-,58,61,62,63)/b11-9-,17-15-,23-21-,30-27-,34-32+,42-40+,50-48+. The maximum atomic E-state index is 12.9. The van der Waals surface area contributed by atoms with E-state index in [1.165, 1.54) is 116 Å². The van der Waals surface area contributed by atoms with Gasteiger partial charge < -0.3 is 28.8 Å². The lowest BCUT2D eigenvalue weighted by Gasteiger charge is -2.29. The summed E-state index contributed by atoms with van der Waals surface area (Å²) in [5.41, 5.74) is 0. The van der Waals surface area contributed by atoms with Crippen LogP contribution in [0.15, 0.2) is 85.1 Å². The first kappa shape index (κ1) is 63.7. The molecule has 0 aromatic heterocycles. The molecule has 9 heteroatoms. The lowest BCUT2D eigenvalue weighted by molar-refractivity contribution is -0.870. The van der Waals surface area contributed by atoms with Crippen molar-refractivity contribution in [1.82, 2.24) is 5.32 Å². The molecule has 0 bridgehead atoms. The molecule has 0 rings (SSSR count). The molecular weight excluding hydrogens is 840 g/mol. The second-order valence-electron chi connectivity index (χ2n) is 19.2. The molecule has 66 heavy (non-hydrogen) atoms. The van der Waals surface area contributed by atoms with Crippen LogP contribution < -0.4 is 10.2 Å². The molecule has 0 aliphatic heterocycles. The molecule has 0 saturated carbocycles. The van der Waals surface area contributed by atoms with Crippen molar-refractivity contribution in [3.8, 4) is 0 Å². The van der Waals surface area contributed by atoms with Gasteiger partial charge in [0.25, 0.3) is 7.82 Å². The van der Waals surface area contributed by atoms with Crippen LogP contribution in [0, 0.1) is 0 Å². The minimum absolute atomic E-state index is 0.0148. The number of hydrogen-bond acceptors (Lipinski definition) is 6. The normalized spacial score (nSPS) is 14.7. The summed E-state index contributed by atoms with van der Waals surface area (Å²) in [6, 6.07) is -0.920. The highest BCUT2D eigenvalue weighted by molar-refractivity contribution is 7.45. The quantitative estimate of drug-likeness (QED) is 0.0272. The Labute approximate surface area is 407 Å². The van der Waals surface area contributed by atoms with Crippen LogP contribution in [0.4, 0.5) is 0 Å². The molecule has 1 amide bonds. The second-order valence-corrected chi connectivity index (χ2v) is 20.6. The van der Waals surface area contributed by atoms with Gasteiger partial charge >= 0.3 is 0 Å². The fraction of sp³-hybridized carbons (Fsp3) is 0.737. The Morgan fingerprint density at radius 1 is 0.545 bits per heavy atom. The molecule has 0 radical (unpaired) electrons. The zero-order valence-corrected chi connectivity index (χ0v) is 44.3. The summed E-state index contributed by atoms with van der Waals surface area (Å²) < 4.78 is 23.3. The summed E-state index contributed by atoms with van der Waals surface area (Å²) in [4.78, 5) is 25.4. The predicted octanol–water partition coefficient (Wildman–Crippen LogP) is 15.5. The summed E-state index contributed by atoms with van der Waals surface area (Å²) in [5.74, 6) is -0.222. The SMILES string of the molecule is CC/C=C\C/C=C\C/C=C\C/C=C\CCCCCCCCCCC(=O)NC(COP(=O)([O-])OCC[N+](C)(C)C)C(O)/C=C/CC/C=C/CC/C=C/CCCCCCCCCCCCCCC. The Hall–Kier alpha value is -2.32. The third-order valence-corrected chi connectivity index (χ3v) is 12.5. The van der Waals surface area contributed by atoms with Crippen molar-refractivity contribution in [1.29, 1.82) is 0 Å². The second kappa shape index (κ2) is 47.7. The van der Waals surface area contributed by atoms with Crippen molar-refractivity contribution < 1.29 is 32.9 Å². The first-order valence-corrected chi connectivity index (χ1v) is 28.4. The molecule has 0 aliphatic rings. The molecular formula is C57H103N2O6P.